The molecular formula is C23H29N7O5. The minimum atomic E-state index is -1.07. The highest BCUT2D eigenvalue weighted by Crippen LogP contribution is 2.36. The van der Waals surface area contributed by atoms with Crippen LogP contribution in [0.2, 0.25) is 0 Å². The second-order valence-electron chi connectivity index (χ2n) is 8.97. The first-order valence-corrected chi connectivity index (χ1v) is 11.2. The topological polar surface area (TPSA) is 165 Å². The number of pyridine rings is 1. The van der Waals surface area contributed by atoms with E-state index in [4.69, 9.17) is 9.15 Å². The number of alkyl carbamates (subject to hydrolysis) is 1. The van der Waals surface area contributed by atoms with Crippen molar-refractivity contribution < 1.29 is 23.5 Å². The van der Waals surface area contributed by atoms with Crippen molar-refractivity contribution >= 4 is 23.6 Å². The zero-order valence-corrected chi connectivity index (χ0v) is 20.1. The molecule has 0 saturated heterocycles. The third-order valence-corrected chi connectivity index (χ3v) is 5.01. The minimum Gasteiger partial charge on any atom is -0.436 e. The minimum absolute atomic E-state index is 0.0972. The number of amides is 2. The van der Waals surface area contributed by atoms with E-state index >= 15 is 0 Å². The van der Waals surface area contributed by atoms with Crippen molar-refractivity contribution in [2.24, 2.45) is 5.41 Å². The SMILES string of the molecule is CCCC[C@H](NC(=O)O[C@@H](c1nnc(-c2cccnc2)o1)C(C)(C)C)C(=O)C(=O)Nc1ccn[nH]1. The van der Waals surface area contributed by atoms with Crippen molar-refractivity contribution in [1.82, 2.24) is 30.7 Å². The fraction of sp³-hybridized carbons (Fsp3) is 0.435. The Kier molecular flexibility index (Phi) is 8.29. The molecule has 0 aromatic carbocycles. The van der Waals surface area contributed by atoms with Crippen LogP contribution in [-0.4, -0.2) is 49.2 Å². The van der Waals surface area contributed by atoms with Gasteiger partial charge in [-0.2, -0.15) is 5.10 Å². The van der Waals surface area contributed by atoms with Crippen molar-refractivity contribution in [2.45, 2.75) is 59.1 Å². The summed E-state index contributed by atoms with van der Waals surface area (Å²) in [5, 5.41) is 19.3. The summed E-state index contributed by atoms with van der Waals surface area (Å²) in [4.78, 5) is 42.0. The molecule has 0 unspecified atom stereocenters. The number of nitrogens with one attached hydrogen (secondary N) is 3. The molecule has 3 heterocycles. The van der Waals surface area contributed by atoms with Crippen LogP contribution in [0.1, 0.15) is 59.0 Å². The smallest absolute Gasteiger partial charge is 0.408 e. The zero-order valence-electron chi connectivity index (χ0n) is 20.1. The van der Waals surface area contributed by atoms with Gasteiger partial charge in [0.15, 0.2) is 6.10 Å². The van der Waals surface area contributed by atoms with E-state index in [0.717, 1.165) is 6.42 Å². The Morgan fingerprint density at radius 2 is 1.97 bits per heavy atom. The maximum absolute atomic E-state index is 12.8. The van der Waals surface area contributed by atoms with Crippen LogP contribution >= 0.6 is 0 Å². The molecule has 2 amide bonds. The van der Waals surface area contributed by atoms with Crippen molar-refractivity contribution in [3.63, 3.8) is 0 Å². The molecule has 0 aliphatic rings. The molecule has 0 spiro atoms. The molecule has 2 atom stereocenters. The van der Waals surface area contributed by atoms with Crippen molar-refractivity contribution in [3.05, 3.63) is 42.7 Å². The Morgan fingerprint density at radius 1 is 1.17 bits per heavy atom. The third kappa shape index (κ3) is 6.95. The van der Waals surface area contributed by atoms with Crippen LogP contribution < -0.4 is 10.6 Å². The quantitative estimate of drug-likeness (QED) is 0.366. The lowest BCUT2D eigenvalue weighted by Gasteiger charge is -2.28. The number of aromatic nitrogens is 5. The highest BCUT2D eigenvalue weighted by atomic mass is 16.6. The molecule has 3 N–H and O–H groups in total. The Hall–Kier alpha value is -4.09. The van der Waals surface area contributed by atoms with Gasteiger partial charge in [0.05, 0.1) is 11.8 Å². The van der Waals surface area contributed by atoms with Gasteiger partial charge in [0, 0.05) is 23.9 Å². The van der Waals surface area contributed by atoms with E-state index in [1.165, 1.54) is 12.3 Å². The molecule has 3 aromatic heterocycles. The number of anilines is 1. The molecule has 12 nitrogen and oxygen atoms in total. The number of ketones is 1. The van der Waals surface area contributed by atoms with Gasteiger partial charge in [0.2, 0.25) is 11.7 Å². The van der Waals surface area contributed by atoms with Crippen LogP contribution in [0.5, 0.6) is 0 Å². The number of carbonyl (C=O) groups is 3. The van der Waals surface area contributed by atoms with Crippen molar-refractivity contribution in [1.29, 1.82) is 0 Å². The third-order valence-electron chi connectivity index (χ3n) is 5.01. The molecule has 0 saturated carbocycles. The number of ether oxygens (including phenoxy) is 1. The Bertz CT molecular complexity index is 1120. The van der Waals surface area contributed by atoms with Gasteiger partial charge in [-0.05, 0) is 18.6 Å². The lowest BCUT2D eigenvalue weighted by molar-refractivity contribution is -0.136. The summed E-state index contributed by atoms with van der Waals surface area (Å²) in [5.41, 5.74) is 0.00801. The number of nitrogens with zero attached hydrogens (tertiary/aromatic N) is 4. The summed E-state index contributed by atoms with van der Waals surface area (Å²) >= 11 is 0. The number of rotatable bonds is 10. The molecular weight excluding hydrogens is 454 g/mol. The largest absolute Gasteiger partial charge is 0.436 e. The Labute approximate surface area is 202 Å². The number of hydrogen-bond acceptors (Lipinski definition) is 9. The maximum Gasteiger partial charge on any atom is 0.408 e. The molecule has 3 aromatic rings. The first-order valence-electron chi connectivity index (χ1n) is 11.2. The van der Waals surface area contributed by atoms with Gasteiger partial charge in [-0.1, -0.05) is 40.5 Å². The summed E-state index contributed by atoms with van der Waals surface area (Å²) in [6.07, 6.45) is 4.51. The lowest BCUT2D eigenvalue weighted by Crippen LogP contribution is -2.46. The van der Waals surface area contributed by atoms with Crippen LogP contribution in [0.3, 0.4) is 0 Å². The van der Waals surface area contributed by atoms with Crippen LogP contribution in [-0.2, 0) is 14.3 Å². The predicted molar refractivity (Wildman–Crippen MR) is 125 cm³/mol. The van der Waals surface area contributed by atoms with Gasteiger partial charge in [0.1, 0.15) is 11.9 Å². The molecule has 35 heavy (non-hydrogen) atoms. The van der Waals surface area contributed by atoms with E-state index in [0.29, 0.717) is 12.0 Å². The molecule has 0 bridgehead atoms. The summed E-state index contributed by atoms with van der Waals surface area (Å²) in [6, 6.07) is 3.94. The van der Waals surface area contributed by atoms with Crippen LogP contribution in [0.4, 0.5) is 10.6 Å². The summed E-state index contributed by atoms with van der Waals surface area (Å²) in [7, 11) is 0. The lowest BCUT2D eigenvalue weighted by atomic mass is 9.89. The number of carbonyl (C=O) groups excluding carboxylic acids is 3. The molecule has 0 aliphatic carbocycles. The van der Waals surface area contributed by atoms with Gasteiger partial charge in [-0.15, -0.1) is 10.2 Å². The fourth-order valence-electron chi connectivity index (χ4n) is 3.17. The first kappa shape index (κ1) is 25.5. The zero-order chi connectivity index (χ0) is 25.4. The average Bonchev–Trinajstić information content (AvgIpc) is 3.52. The van der Waals surface area contributed by atoms with Crippen molar-refractivity contribution in [2.75, 3.05) is 5.32 Å². The normalized spacial score (nSPS) is 13.0. The van der Waals surface area contributed by atoms with Crippen molar-refractivity contribution in [3.8, 4) is 11.5 Å². The Morgan fingerprint density at radius 3 is 2.60 bits per heavy atom. The number of unbranched alkanes of at least 4 members (excludes halogenated alkanes) is 1. The summed E-state index contributed by atoms with van der Waals surface area (Å²) in [5.74, 6) is -1.07. The van der Waals surface area contributed by atoms with E-state index < -0.39 is 35.3 Å². The highest BCUT2D eigenvalue weighted by Gasteiger charge is 2.36. The summed E-state index contributed by atoms with van der Waals surface area (Å²) in [6.45, 7) is 7.47. The molecule has 12 heteroatoms. The highest BCUT2D eigenvalue weighted by molar-refractivity contribution is 6.42. The van der Waals surface area contributed by atoms with E-state index in [9.17, 15) is 14.4 Å². The number of aromatic amines is 1. The van der Waals surface area contributed by atoms with Crippen LogP contribution in [0, 0.1) is 5.41 Å². The number of hydrogen-bond donors (Lipinski definition) is 3. The molecule has 0 aliphatic heterocycles. The molecule has 3 rings (SSSR count). The van der Waals surface area contributed by atoms with Gasteiger partial charge in [-0.25, -0.2) is 4.79 Å². The molecule has 0 radical (unpaired) electrons. The summed E-state index contributed by atoms with van der Waals surface area (Å²) < 4.78 is 11.4. The van der Waals surface area contributed by atoms with Gasteiger partial charge in [-0.3, -0.25) is 19.7 Å². The monoisotopic (exact) mass is 483 g/mol. The predicted octanol–water partition coefficient (Wildman–Crippen LogP) is 3.43. The standard InChI is InChI=1S/C23H29N7O5/c1-5-6-9-15(17(31)19(32)27-16-10-12-25-28-16)26-22(33)34-18(23(2,3)4)21-30-29-20(35-21)14-8-7-11-24-13-14/h7-8,10-13,15,18H,5-6,9H2,1-4H3,(H,26,33)(H2,25,27,28,32)/t15-,18-/m0/s1. The maximum atomic E-state index is 12.8. The van der Waals surface area contributed by atoms with Crippen LogP contribution in [0.15, 0.2) is 41.2 Å². The Balaban J connectivity index is 1.72. The first-order chi connectivity index (χ1) is 16.7. The second kappa shape index (κ2) is 11.4. The van der Waals surface area contributed by atoms with E-state index in [1.807, 2.05) is 27.7 Å². The van der Waals surface area contributed by atoms with Gasteiger partial charge < -0.3 is 19.8 Å². The van der Waals surface area contributed by atoms with Gasteiger partial charge in [0.25, 0.3) is 11.8 Å². The van der Waals surface area contributed by atoms with E-state index in [1.54, 1.807) is 24.5 Å². The van der Waals surface area contributed by atoms with E-state index in [-0.39, 0.29) is 24.0 Å². The number of Topliss-reactive ketones (excluding diaryl/α,β-unsaturated/α-hetero) is 1. The average molecular weight is 484 g/mol. The van der Waals surface area contributed by atoms with Crippen LogP contribution in [0.25, 0.3) is 11.5 Å². The van der Waals surface area contributed by atoms with E-state index in [2.05, 4.69) is 36.0 Å². The number of H-pyrrole nitrogens is 1. The molecule has 186 valence electrons. The molecule has 0 fully saturated rings. The fourth-order valence-corrected chi connectivity index (χ4v) is 3.17. The van der Waals surface area contributed by atoms with Gasteiger partial charge >= 0.3 is 6.09 Å². The second-order valence-corrected chi connectivity index (χ2v) is 8.97.